The minimum absolute atomic E-state index is 0.302. The maximum Gasteiger partial charge on any atom is 0.137 e. The first-order valence-electron chi connectivity index (χ1n) is 6.01. The van der Waals surface area contributed by atoms with Crippen molar-refractivity contribution in [3.8, 4) is 0 Å². The number of ketones is 1. The summed E-state index contributed by atoms with van der Waals surface area (Å²) in [5, 5.41) is 3.33. The van der Waals surface area contributed by atoms with Gasteiger partial charge in [0, 0.05) is 18.4 Å². The molecule has 0 saturated carbocycles. The van der Waals surface area contributed by atoms with Crippen LogP contribution in [0.4, 0.5) is 0 Å². The third kappa shape index (κ3) is 3.41. The molecule has 2 atom stereocenters. The Morgan fingerprint density at radius 3 is 2.71 bits per heavy atom. The summed E-state index contributed by atoms with van der Waals surface area (Å²) in [7, 11) is 0. The highest BCUT2D eigenvalue weighted by Gasteiger charge is 2.28. The standard InChI is InChI=1S/C12H23NO/c1-3-4-5-6-7-12(14)11-8-9-13-10(11)2/h10-11,13H,3-9H2,1-2H3. The van der Waals surface area contributed by atoms with Crippen molar-refractivity contribution in [3.63, 3.8) is 0 Å². The molecule has 1 N–H and O–H groups in total. The van der Waals surface area contributed by atoms with Crippen molar-refractivity contribution in [1.29, 1.82) is 0 Å². The van der Waals surface area contributed by atoms with Crippen molar-refractivity contribution in [2.45, 2.75) is 58.4 Å². The van der Waals surface area contributed by atoms with Gasteiger partial charge in [-0.1, -0.05) is 26.2 Å². The van der Waals surface area contributed by atoms with Gasteiger partial charge >= 0.3 is 0 Å². The van der Waals surface area contributed by atoms with Crippen LogP contribution in [0.2, 0.25) is 0 Å². The summed E-state index contributed by atoms with van der Waals surface area (Å²) in [6, 6.07) is 0.411. The van der Waals surface area contributed by atoms with Crippen LogP contribution in [-0.4, -0.2) is 18.4 Å². The second-order valence-electron chi connectivity index (χ2n) is 4.41. The molecular formula is C12H23NO. The summed E-state index contributed by atoms with van der Waals surface area (Å²) < 4.78 is 0. The highest BCUT2D eigenvalue weighted by Crippen LogP contribution is 2.19. The van der Waals surface area contributed by atoms with Crippen LogP contribution in [0, 0.1) is 5.92 Å². The van der Waals surface area contributed by atoms with E-state index in [0.29, 0.717) is 17.7 Å². The fourth-order valence-electron chi connectivity index (χ4n) is 2.21. The molecule has 1 rings (SSSR count). The molecule has 0 radical (unpaired) electrons. The van der Waals surface area contributed by atoms with Gasteiger partial charge in [-0.2, -0.15) is 0 Å². The largest absolute Gasteiger partial charge is 0.314 e. The molecule has 0 aromatic rings. The third-order valence-electron chi connectivity index (χ3n) is 3.22. The lowest BCUT2D eigenvalue weighted by molar-refractivity contribution is -0.123. The summed E-state index contributed by atoms with van der Waals surface area (Å²) >= 11 is 0. The Balaban J connectivity index is 2.14. The summed E-state index contributed by atoms with van der Waals surface area (Å²) in [4.78, 5) is 11.8. The van der Waals surface area contributed by atoms with Crippen molar-refractivity contribution < 1.29 is 4.79 Å². The molecule has 1 aliphatic rings. The van der Waals surface area contributed by atoms with Gasteiger partial charge in [-0.05, 0) is 26.3 Å². The molecule has 0 amide bonds. The molecule has 14 heavy (non-hydrogen) atoms. The zero-order valence-corrected chi connectivity index (χ0v) is 9.51. The predicted octanol–water partition coefficient (Wildman–Crippen LogP) is 2.52. The number of carbonyl (C=O) groups is 1. The molecule has 1 saturated heterocycles. The first-order valence-corrected chi connectivity index (χ1v) is 6.01. The van der Waals surface area contributed by atoms with Crippen LogP contribution in [0.1, 0.15) is 52.4 Å². The average molecular weight is 197 g/mol. The van der Waals surface area contributed by atoms with Gasteiger partial charge in [-0.3, -0.25) is 4.79 Å². The van der Waals surface area contributed by atoms with Gasteiger partial charge < -0.3 is 5.32 Å². The van der Waals surface area contributed by atoms with Crippen LogP contribution >= 0.6 is 0 Å². The van der Waals surface area contributed by atoms with E-state index in [1.165, 1.54) is 19.3 Å². The Morgan fingerprint density at radius 2 is 2.14 bits per heavy atom. The second kappa shape index (κ2) is 6.18. The maximum atomic E-state index is 11.8. The molecule has 82 valence electrons. The topological polar surface area (TPSA) is 29.1 Å². The lowest BCUT2D eigenvalue weighted by atomic mass is 9.93. The van der Waals surface area contributed by atoms with Gasteiger partial charge in [0.25, 0.3) is 0 Å². The van der Waals surface area contributed by atoms with Crippen LogP contribution in [0.15, 0.2) is 0 Å². The second-order valence-corrected chi connectivity index (χ2v) is 4.41. The summed E-state index contributed by atoms with van der Waals surface area (Å²) in [6.07, 6.45) is 6.68. The highest BCUT2D eigenvalue weighted by molar-refractivity contribution is 5.81. The summed E-state index contributed by atoms with van der Waals surface area (Å²) in [6.45, 7) is 5.35. The quantitative estimate of drug-likeness (QED) is 0.663. The SMILES string of the molecule is CCCCCCC(=O)C1CCNC1C. The average Bonchev–Trinajstić information content (AvgIpc) is 2.59. The van der Waals surface area contributed by atoms with Gasteiger partial charge in [-0.15, -0.1) is 0 Å². The smallest absolute Gasteiger partial charge is 0.137 e. The first-order chi connectivity index (χ1) is 6.75. The lowest BCUT2D eigenvalue weighted by Crippen LogP contribution is -2.28. The minimum Gasteiger partial charge on any atom is -0.314 e. The Bertz CT molecular complexity index is 179. The summed E-state index contributed by atoms with van der Waals surface area (Å²) in [5.41, 5.74) is 0. The number of hydrogen-bond acceptors (Lipinski definition) is 2. The number of carbonyl (C=O) groups excluding carboxylic acids is 1. The molecule has 2 unspecified atom stereocenters. The number of nitrogens with one attached hydrogen (secondary N) is 1. The Kier molecular flexibility index (Phi) is 5.16. The van der Waals surface area contributed by atoms with Crippen molar-refractivity contribution in [2.24, 2.45) is 5.92 Å². The van der Waals surface area contributed by atoms with Crippen LogP contribution < -0.4 is 5.32 Å². The highest BCUT2D eigenvalue weighted by atomic mass is 16.1. The van der Waals surface area contributed by atoms with Crippen molar-refractivity contribution in [2.75, 3.05) is 6.54 Å². The molecule has 0 aliphatic carbocycles. The van der Waals surface area contributed by atoms with Crippen LogP contribution in [0.5, 0.6) is 0 Å². The van der Waals surface area contributed by atoms with Crippen molar-refractivity contribution >= 4 is 5.78 Å². The zero-order chi connectivity index (χ0) is 10.4. The monoisotopic (exact) mass is 197 g/mol. The minimum atomic E-state index is 0.302. The van der Waals surface area contributed by atoms with E-state index in [9.17, 15) is 4.79 Å². The zero-order valence-electron chi connectivity index (χ0n) is 9.51. The third-order valence-corrected chi connectivity index (χ3v) is 3.22. The molecule has 1 heterocycles. The number of rotatable bonds is 6. The predicted molar refractivity (Wildman–Crippen MR) is 59.3 cm³/mol. The van der Waals surface area contributed by atoms with Gasteiger partial charge in [0.2, 0.25) is 0 Å². The van der Waals surface area contributed by atoms with E-state index in [0.717, 1.165) is 25.8 Å². The van der Waals surface area contributed by atoms with E-state index < -0.39 is 0 Å². The Morgan fingerprint density at radius 1 is 1.36 bits per heavy atom. The van der Waals surface area contributed by atoms with Crippen LogP contribution in [0.3, 0.4) is 0 Å². The molecule has 0 aromatic carbocycles. The van der Waals surface area contributed by atoms with E-state index in [2.05, 4.69) is 19.2 Å². The van der Waals surface area contributed by atoms with E-state index in [1.54, 1.807) is 0 Å². The molecule has 0 aromatic heterocycles. The number of Topliss-reactive ketones (excluding diaryl/α,β-unsaturated/α-hetero) is 1. The fraction of sp³-hybridized carbons (Fsp3) is 0.917. The normalized spacial score (nSPS) is 26.7. The maximum absolute atomic E-state index is 11.8. The van der Waals surface area contributed by atoms with Gasteiger partial charge in [0.1, 0.15) is 5.78 Å². The Hall–Kier alpha value is -0.370. The lowest BCUT2D eigenvalue weighted by Gasteiger charge is -2.13. The van der Waals surface area contributed by atoms with Gasteiger partial charge in [0.05, 0.1) is 0 Å². The van der Waals surface area contributed by atoms with E-state index in [4.69, 9.17) is 0 Å². The molecule has 1 aliphatic heterocycles. The molecule has 1 fully saturated rings. The van der Waals surface area contributed by atoms with Crippen LogP contribution in [-0.2, 0) is 4.79 Å². The number of unbranched alkanes of at least 4 members (excludes halogenated alkanes) is 3. The first kappa shape index (κ1) is 11.7. The summed E-state index contributed by atoms with van der Waals surface area (Å²) in [5.74, 6) is 0.787. The number of hydrogen-bond donors (Lipinski definition) is 1. The van der Waals surface area contributed by atoms with Crippen LogP contribution in [0.25, 0.3) is 0 Å². The van der Waals surface area contributed by atoms with E-state index in [1.807, 2.05) is 0 Å². The molecule has 0 spiro atoms. The van der Waals surface area contributed by atoms with Gasteiger partial charge in [0.15, 0.2) is 0 Å². The molecule has 0 bridgehead atoms. The molecular weight excluding hydrogens is 174 g/mol. The van der Waals surface area contributed by atoms with E-state index in [-0.39, 0.29) is 0 Å². The fourth-order valence-corrected chi connectivity index (χ4v) is 2.21. The van der Waals surface area contributed by atoms with Crippen molar-refractivity contribution in [3.05, 3.63) is 0 Å². The molecule has 2 heteroatoms. The van der Waals surface area contributed by atoms with E-state index >= 15 is 0 Å². The van der Waals surface area contributed by atoms with Gasteiger partial charge in [-0.25, -0.2) is 0 Å². The molecule has 2 nitrogen and oxygen atoms in total. The Labute approximate surface area is 87.5 Å². The van der Waals surface area contributed by atoms with Crippen molar-refractivity contribution in [1.82, 2.24) is 5.32 Å².